The van der Waals surface area contributed by atoms with E-state index < -0.39 is 29.5 Å². The Balaban J connectivity index is 2.66. The van der Waals surface area contributed by atoms with Crippen LogP contribution in [-0.4, -0.2) is 17.9 Å². The number of hydrogen-bond donors (Lipinski definition) is 2. The smallest absolute Gasteiger partial charge is 0.240 e. The summed E-state index contributed by atoms with van der Waals surface area (Å²) in [6.07, 6.45) is 4.80. The van der Waals surface area contributed by atoms with Gasteiger partial charge in [-0.3, -0.25) is 9.59 Å². The first-order valence-electron chi connectivity index (χ1n) is 5.40. The van der Waals surface area contributed by atoms with Crippen LogP contribution in [0.5, 0.6) is 0 Å². The summed E-state index contributed by atoms with van der Waals surface area (Å²) in [6, 6.07) is 2.14. The normalized spacial score (nSPS) is 11.4. The second-order valence-corrected chi connectivity index (χ2v) is 3.86. The van der Waals surface area contributed by atoms with Gasteiger partial charge in [-0.2, -0.15) is 0 Å². The van der Waals surface area contributed by atoms with Crippen LogP contribution in [0.2, 0.25) is 0 Å². The molecule has 1 atom stereocenters. The minimum absolute atomic E-state index is 0.0289. The van der Waals surface area contributed by atoms with Crippen molar-refractivity contribution >= 4 is 11.8 Å². The van der Waals surface area contributed by atoms with Crippen molar-refractivity contribution in [3.05, 3.63) is 35.4 Å². The quantitative estimate of drug-likeness (QED) is 0.762. The van der Waals surface area contributed by atoms with Crippen LogP contribution in [0.3, 0.4) is 0 Å². The molecule has 0 heterocycles. The van der Waals surface area contributed by atoms with Crippen LogP contribution in [0.25, 0.3) is 0 Å². The Hall–Kier alpha value is -2.42. The minimum Gasteiger partial charge on any atom is -0.368 e. The van der Waals surface area contributed by atoms with Crippen LogP contribution in [0.4, 0.5) is 8.78 Å². The van der Waals surface area contributed by atoms with Crippen molar-refractivity contribution < 1.29 is 18.4 Å². The molecule has 0 aliphatic heterocycles. The highest BCUT2D eigenvalue weighted by Crippen LogP contribution is 2.09. The number of rotatable bonds is 5. The van der Waals surface area contributed by atoms with E-state index in [9.17, 15) is 18.4 Å². The fraction of sp³-hybridized carbons (Fsp3) is 0.231. The lowest BCUT2D eigenvalue weighted by atomic mass is 10.1. The van der Waals surface area contributed by atoms with Gasteiger partial charge >= 0.3 is 0 Å². The van der Waals surface area contributed by atoms with Gasteiger partial charge in [-0.25, -0.2) is 8.78 Å². The Labute approximate surface area is 109 Å². The van der Waals surface area contributed by atoms with Gasteiger partial charge in [0.1, 0.15) is 6.04 Å². The molecule has 0 unspecified atom stereocenters. The van der Waals surface area contributed by atoms with Gasteiger partial charge in [-0.1, -0.05) is 6.07 Å². The predicted octanol–water partition coefficient (Wildman–Crippen LogP) is 0.501. The molecule has 0 saturated heterocycles. The molecule has 0 aliphatic carbocycles. The first-order chi connectivity index (χ1) is 8.93. The second-order valence-electron chi connectivity index (χ2n) is 3.86. The van der Waals surface area contributed by atoms with Crippen molar-refractivity contribution in [3.8, 4) is 12.3 Å². The van der Waals surface area contributed by atoms with Gasteiger partial charge in [0.25, 0.3) is 0 Å². The van der Waals surface area contributed by atoms with E-state index in [1.807, 2.05) is 0 Å². The van der Waals surface area contributed by atoms with E-state index in [2.05, 4.69) is 11.2 Å². The molecule has 1 aromatic carbocycles. The highest BCUT2D eigenvalue weighted by molar-refractivity contribution is 5.87. The molecule has 0 radical (unpaired) electrons. The van der Waals surface area contributed by atoms with Crippen molar-refractivity contribution in [2.45, 2.75) is 18.9 Å². The van der Waals surface area contributed by atoms with Gasteiger partial charge in [-0.15, -0.1) is 12.3 Å². The summed E-state index contributed by atoms with van der Waals surface area (Å²) in [6.45, 7) is 0. The zero-order valence-electron chi connectivity index (χ0n) is 9.95. The third-order valence-electron chi connectivity index (χ3n) is 2.35. The van der Waals surface area contributed by atoms with E-state index in [1.165, 1.54) is 6.07 Å². The molecule has 1 aromatic rings. The lowest BCUT2D eigenvalue weighted by molar-refractivity contribution is -0.126. The summed E-state index contributed by atoms with van der Waals surface area (Å²) in [7, 11) is 0. The summed E-state index contributed by atoms with van der Waals surface area (Å²) >= 11 is 0. The highest BCUT2D eigenvalue weighted by atomic mass is 19.2. The molecule has 0 aliphatic rings. The molecule has 0 saturated carbocycles. The number of benzene rings is 1. The second kappa shape index (κ2) is 6.50. The number of amides is 2. The molecular formula is C13H12F2N2O2. The standard InChI is InChI=1S/C13H12F2N2O2/c1-2-3-11(13(16)19)17-12(18)7-8-4-5-9(14)10(15)6-8/h1,4-6,11H,3,7H2,(H2,16,19)(H,17,18)/t11-/m0/s1. The number of nitrogens with one attached hydrogen (secondary N) is 1. The Morgan fingerprint density at radius 2 is 2.05 bits per heavy atom. The Bertz CT molecular complexity index is 538. The summed E-state index contributed by atoms with van der Waals surface area (Å²) in [5.41, 5.74) is 5.33. The Kier molecular flexibility index (Phi) is 5.01. The molecule has 0 aromatic heterocycles. The molecular weight excluding hydrogens is 254 g/mol. The molecule has 6 heteroatoms. The van der Waals surface area contributed by atoms with E-state index in [0.29, 0.717) is 0 Å². The summed E-state index contributed by atoms with van der Waals surface area (Å²) < 4.78 is 25.6. The molecule has 0 spiro atoms. The van der Waals surface area contributed by atoms with Gasteiger partial charge in [0.15, 0.2) is 11.6 Å². The van der Waals surface area contributed by atoms with Gasteiger partial charge in [0.2, 0.25) is 11.8 Å². The zero-order chi connectivity index (χ0) is 14.4. The zero-order valence-corrected chi connectivity index (χ0v) is 9.95. The third kappa shape index (κ3) is 4.39. The molecule has 4 nitrogen and oxygen atoms in total. The molecule has 0 fully saturated rings. The maximum atomic E-state index is 12.9. The number of terminal acetylenes is 1. The van der Waals surface area contributed by atoms with E-state index in [-0.39, 0.29) is 18.4 Å². The van der Waals surface area contributed by atoms with E-state index in [1.54, 1.807) is 0 Å². The Morgan fingerprint density at radius 1 is 1.37 bits per heavy atom. The van der Waals surface area contributed by atoms with Crippen molar-refractivity contribution in [1.82, 2.24) is 5.32 Å². The van der Waals surface area contributed by atoms with Crippen LogP contribution in [0.15, 0.2) is 18.2 Å². The van der Waals surface area contributed by atoms with Crippen LogP contribution in [0.1, 0.15) is 12.0 Å². The summed E-state index contributed by atoms with van der Waals surface area (Å²) in [5.74, 6) is -1.13. The largest absolute Gasteiger partial charge is 0.368 e. The molecule has 3 N–H and O–H groups in total. The minimum atomic E-state index is -1.04. The van der Waals surface area contributed by atoms with Crippen LogP contribution >= 0.6 is 0 Å². The number of nitrogens with two attached hydrogens (primary N) is 1. The van der Waals surface area contributed by atoms with Crippen LogP contribution < -0.4 is 11.1 Å². The first kappa shape index (κ1) is 14.6. The molecule has 100 valence electrons. The average molecular weight is 266 g/mol. The summed E-state index contributed by atoms with van der Waals surface area (Å²) in [5, 5.41) is 2.33. The number of hydrogen-bond acceptors (Lipinski definition) is 2. The molecule has 1 rings (SSSR count). The molecule has 0 bridgehead atoms. The molecule has 19 heavy (non-hydrogen) atoms. The number of carbonyl (C=O) groups excluding carboxylic acids is 2. The van der Waals surface area contributed by atoms with Crippen LogP contribution in [0, 0.1) is 24.0 Å². The monoisotopic (exact) mass is 266 g/mol. The van der Waals surface area contributed by atoms with Crippen molar-refractivity contribution in [1.29, 1.82) is 0 Å². The van der Waals surface area contributed by atoms with E-state index in [0.717, 1.165) is 12.1 Å². The van der Waals surface area contributed by atoms with E-state index >= 15 is 0 Å². The van der Waals surface area contributed by atoms with Gasteiger partial charge in [0.05, 0.1) is 6.42 Å². The Morgan fingerprint density at radius 3 is 2.58 bits per heavy atom. The average Bonchev–Trinajstić information content (AvgIpc) is 2.33. The van der Waals surface area contributed by atoms with Crippen LogP contribution in [-0.2, 0) is 16.0 Å². The maximum absolute atomic E-state index is 12.9. The SMILES string of the molecule is C#CC[C@H](NC(=O)Cc1ccc(F)c(F)c1)C(N)=O. The number of halogens is 2. The van der Waals surface area contributed by atoms with Gasteiger partial charge in [0, 0.05) is 6.42 Å². The number of carbonyl (C=O) groups is 2. The van der Waals surface area contributed by atoms with Gasteiger partial charge in [-0.05, 0) is 17.7 Å². The fourth-order valence-corrected chi connectivity index (χ4v) is 1.42. The topological polar surface area (TPSA) is 72.2 Å². The molecule has 2 amide bonds. The number of primary amides is 1. The van der Waals surface area contributed by atoms with E-state index in [4.69, 9.17) is 12.2 Å². The van der Waals surface area contributed by atoms with Gasteiger partial charge < -0.3 is 11.1 Å². The predicted molar refractivity (Wildman–Crippen MR) is 64.6 cm³/mol. The highest BCUT2D eigenvalue weighted by Gasteiger charge is 2.17. The fourth-order valence-electron chi connectivity index (χ4n) is 1.42. The third-order valence-corrected chi connectivity index (χ3v) is 2.35. The lowest BCUT2D eigenvalue weighted by Crippen LogP contribution is -2.44. The van der Waals surface area contributed by atoms with Crippen molar-refractivity contribution in [2.75, 3.05) is 0 Å². The summed E-state index contributed by atoms with van der Waals surface area (Å²) in [4.78, 5) is 22.6. The first-order valence-corrected chi connectivity index (χ1v) is 5.40. The lowest BCUT2D eigenvalue weighted by Gasteiger charge is -2.12. The maximum Gasteiger partial charge on any atom is 0.240 e. The van der Waals surface area contributed by atoms with Crippen molar-refractivity contribution in [2.24, 2.45) is 5.73 Å². The van der Waals surface area contributed by atoms with Crippen molar-refractivity contribution in [3.63, 3.8) is 0 Å².